The van der Waals surface area contributed by atoms with Crippen LogP contribution >= 0.6 is 0 Å². The predicted molar refractivity (Wildman–Crippen MR) is 161 cm³/mol. The van der Waals surface area contributed by atoms with E-state index in [2.05, 4.69) is 16.0 Å². The lowest BCUT2D eigenvalue weighted by Gasteiger charge is -2.31. The van der Waals surface area contributed by atoms with Crippen molar-refractivity contribution in [2.75, 3.05) is 6.54 Å². The molecule has 1 fully saturated rings. The van der Waals surface area contributed by atoms with E-state index < -0.39 is 84.1 Å². The fraction of sp³-hybridized carbons (Fsp3) is 0.581. The van der Waals surface area contributed by atoms with Crippen molar-refractivity contribution in [1.82, 2.24) is 26.2 Å². The van der Waals surface area contributed by atoms with Gasteiger partial charge in [0, 0.05) is 19.4 Å². The summed E-state index contributed by atoms with van der Waals surface area (Å²) < 4.78 is 38.8. The Labute approximate surface area is 270 Å². The number of rotatable bonds is 16. The van der Waals surface area contributed by atoms with Gasteiger partial charge in [-0.05, 0) is 44.6 Å². The zero-order valence-electron chi connectivity index (χ0n) is 26.7. The highest BCUT2D eigenvalue weighted by Crippen LogP contribution is 2.22. The Kier molecular flexibility index (Phi) is 14.3. The van der Waals surface area contributed by atoms with Crippen molar-refractivity contribution in [2.24, 2.45) is 5.92 Å². The molecule has 5 N–H and O–H groups in total. The molecule has 1 heterocycles. The van der Waals surface area contributed by atoms with Gasteiger partial charge in [-0.25, -0.2) is 0 Å². The van der Waals surface area contributed by atoms with Gasteiger partial charge >= 0.3 is 12.1 Å². The molecule has 0 aliphatic carbocycles. The number of carbonyl (C=O) groups is 7. The quantitative estimate of drug-likeness (QED) is 0.174. The number of halogens is 3. The summed E-state index contributed by atoms with van der Waals surface area (Å²) in [5, 5.41) is 18.3. The first kappa shape index (κ1) is 38.7. The smallest absolute Gasteiger partial charge is 0.452 e. The van der Waals surface area contributed by atoms with Crippen LogP contribution in [0.25, 0.3) is 0 Å². The number of benzene rings is 1. The van der Waals surface area contributed by atoms with Crippen molar-refractivity contribution in [3.8, 4) is 0 Å². The molecule has 5 atom stereocenters. The molecule has 5 amide bonds. The van der Waals surface area contributed by atoms with Gasteiger partial charge in [-0.3, -0.25) is 33.6 Å². The van der Waals surface area contributed by atoms with Crippen LogP contribution < -0.4 is 21.3 Å². The summed E-state index contributed by atoms with van der Waals surface area (Å²) in [5.74, 6) is -7.12. The minimum absolute atomic E-state index is 0.0834. The third-order valence-electron chi connectivity index (χ3n) is 7.44. The number of ketones is 1. The Morgan fingerprint density at radius 1 is 0.851 bits per heavy atom. The van der Waals surface area contributed by atoms with Crippen molar-refractivity contribution in [3.05, 3.63) is 35.9 Å². The standard InChI is InChI=1S/C31H42F3N5O8/c1-17(2)15-22(38-27(44)19(4)35-24(40)12-13-25(41)42)30(47)39-14-8-11-23(39)29(46)37-21(16-20-9-6-5-7-10-20)28(45)36-18(3)26(43)31(32,33)34/h5-7,9-10,17-19,21-23H,8,11-16H2,1-4H3,(H,35,40)(H,36,45)(H,37,46)(H,38,44)(H,41,42)/t18?,19-,21-,22-,23-/m0/s1. The monoisotopic (exact) mass is 669 g/mol. The van der Waals surface area contributed by atoms with E-state index in [4.69, 9.17) is 5.11 Å². The van der Waals surface area contributed by atoms with Gasteiger partial charge in [-0.15, -0.1) is 0 Å². The Balaban J connectivity index is 2.20. The largest absolute Gasteiger partial charge is 0.481 e. The summed E-state index contributed by atoms with van der Waals surface area (Å²) in [6.07, 6.45) is -5.26. The molecule has 2 rings (SSSR count). The SMILES string of the molecule is CC(C)C[C@H](NC(=O)[C@H](C)NC(=O)CCC(=O)O)C(=O)N1CCC[C@H]1C(=O)N[C@@H](Cc1ccccc1)C(=O)NC(C)C(=O)C(F)(F)F. The summed E-state index contributed by atoms with van der Waals surface area (Å²) in [4.78, 5) is 88.9. The number of alkyl halides is 3. The summed E-state index contributed by atoms with van der Waals surface area (Å²) in [6.45, 7) is 6.04. The van der Waals surface area contributed by atoms with Crippen molar-refractivity contribution >= 4 is 41.3 Å². The first-order valence-corrected chi connectivity index (χ1v) is 15.3. The normalized spacial score (nSPS) is 17.2. The lowest BCUT2D eigenvalue weighted by Crippen LogP contribution is -2.59. The highest BCUT2D eigenvalue weighted by Gasteiger charge is 2.43. The maximum atomic E-state index is 13.7. The fourth-order valence-electron chi connectivity index (χ4n) is 5.04. The Morgan fingerprint density at radius 2 is 1.49 bits per heavy atom. The first-order valence-electron chi connectivity index (χ1n) is 15.3. The van der Waals surface area contributed by atoms with Crippen LogP contribution in [0.1, 0.15) is 65.4 Å². The van der Waals surface area contributed by atoms with Crippen LogP contribution in [0, 0.1) is 5.92 Å². The second-order valence-electron chi connectivity index (χ2n) is 11.9. The van der Waals surface area contributed by atoms with Gasteiger partial charge < -0.3 is 31.3 Å². The molecule has 260 valence electrons. The topological polar surface area (TPSA) is 191 Å². The van der Waals surface area contributed by atoms with Gasteiger partial charge in [0.25, 0.3) is 5.78 Å². The number of Topliss-reactive ketones (excluding diaryl/α,β-unsaturated/α-hetero) is 1. The molecule has 0 spiro atoms. The van der Waals surface area contributed by atoms with Crippen LogP contribution in [0.3, 0.4) is 0 Å². The van der Waals surface area contributed by atoms with Gasteiger partial charge in [0.2, 0.25) is 29.5 Å². The lowest BCUT2D eigenvalue weighted by molar-refractivity contribution is -0.173. The highest BCUT2D eigenvalue weighted by atomic mass is 19.4. The lowest BCUT2D eigenvalue weighted by atomic mass is 10.0. The number of hydrogen-bond acceptors (Lipinski definition) is 7. The molecule has 1 aromatic carbocycles. The summed E-state index contributed by atoms with van der Waals surface area (Å²) in [7, 11) is 0. The average Bonchev–Trinajstić information content (AvgIpc) is 3.48. The maximum absolute atomic E-state index is 13.7. The second-order valence-corrected chi connectivity index (χ2v) is 11.9. The molecule has 1 aliphatic heterocycles. The number of nitrogens with one attached hydrogen (secondary N) is 4. The molecule has 1 aromatic rings. The van der Waals surface area contributed by atoms with Crippen LogP contribution in [-0.4, -0.2) is 94.2 Å². The molecule has 0 aromatic heterocycles. The fourth-order valence-corrected chi connectivity index (χ4v) is 5.04. The predicted octanol–water partition coefficient (Wildman–Crippen LogP) is 1.24. The zero-order chi connectivity index (χ0) is 35.5. The second kappa shape index (κ2) is 17.4. The molecule has 1 saturated heterocycles. The van der Waals surface area contributed by atoms with Gasteiger partial charge in [0.05, 0.1) is 12.5 Å². The van der Waals surface area contributed by atoms with Crippen LogP contribution in [0.5, 0.6) is 0 Å². The number of nitrogens with zero attached hydrogens (tertiary/aromatic N) is 1. The van der Waals surface area contributed by atoms with E-state index >= 15 is 0 Å². The number of carboxylic acid groups (broad SMARTS) is 1. The third-order valence-corrected chi connectivity index (χ3v) is 7.44. The van der Waals surface area contributed by atoms with E-state index in [1.807, 2.05) is 19.2 Å². The summed E-state index contributed by atoms with van der Waals surface area (Å²) in [6, 6.07) is 1.80. The van der Waals surface area contributed by atoms with E-state index in [1.54, 1.807) is 30.3 Å². The van der Waals surface area contributed by atoms with Gasteiger partial charge in [0.15, 0.2) is 0 Å². The van der Waals surface area contributed by atoms with Crippen molar-refractivity contribution in [2.45, 2.75) is 103 Å². The molecule has 1 unspecified atom stereocenters. The molecule has 1 aliphatic rings. The van der Waals surface area contributed by atoms with Crippen molar-refractivity contribution < 1.29 is 51.8 Å². The first-order chi connectivity index (χ1) is 21.9. The maximum Gasteiger partial charge on any atom is 0.452 e. The molecular weight excluding hydrogens is 627 g/mol. The molecule has 13 nitrogen and oxygen atoms in total. The average molecular weight is 670 g/mol. The number of likely N-dealkylation sites (tertiary alicyclic amines) is 1. The van der Waals surface area contributed by atoms with Crippen LogP contribution in [-0.2, 0) is 40.0 Å². The minimum Gasteiger partial charge on any atom is -0.481 e. The Morgan fingerprint density at radius 3 is 2.06 bits per heavy atom. The number of carboxylic acids is 1. The van der Waals surface area contributed by atoms with E-state index in [-0.39, 0.29) is 38.1 Å². The molecule has 47 heavy (non-hydrogen) atoms. The van der Waals surface area contributed by atoms with Gasteiger partial charge in [-0.1, -0.05) is 44.2 Å². The van der Waals surface area contributed by atoms with E-state index in [0.29, 0.717) is 12.0 Å². The number of carbonyl (C=O) groups excluding carboxylic acids is 6. The third kappa shape index (κ3) is 12.3. The molecule has 0 saturated carbocycles. The molecular formula is C31H42F3N5O8. The van der Waals surface area contributed by atoms with E-state index in [0.717, 1.165) is 6.92 Å². The van der Waals surface area contributed by atoms with Crippen molar-refractivity contribution in [3.63, 3.8) is 0 Å². The number of aliphatic carboxylic acids is 1. The Bertz CT molecular complexity index is 1310. The molecule has 16 heteroatoms. The van der Waals surface area contributed by atoms with Crippen molar-refractivity contribution in [1.29, 1.82) is 0 Å². The van der Waals surface area contributed by atoms with Gasteiger partial charge in [-0.2, -0.15) is 13.2 Å². The molecule has 0 bridgehead atoms. The minimum atomic E-state index is -5.18. The molecule has 0 radical (unpaired) electrons. The van der Waals surface area contributed by atoms with Crippen LogP contribution in [0.4, 0.5) is 13.2 Å². The summed E-state index contributed by atoms with van der Waals surface area (Å²) >= 11 is 0. The Hall–Kier alpha value is -4.50. The number of hydrogen-bond donors (Lipinski definition) is 5. The van der Waals surface area contributed by atoms with Crippen LogP contribution in [0.2, 0.25) is 0 Å². The van der Waals surface area contributed by atoms with E-state index in [9.17, 15) is 46.7 Å². The van der Waals surface area contributed by atoms with E-state index in [1.165, 1.54) is 11.8 Å². The summed E-state index contributed by atoms with van der Waals surface area (Å²) in [5.41, 5.74) is 0.575. The number of amides is 5. The highest BCUT2D eigenvalue weighted by molar-refractivity contribution is 5.97. The van der Waals surface area contributed by atoms with Gasteiger partial charge in [0.1, 0.15) is 24.2 Å². The zero-order valence-corrected chi connectivity index (χ0v) is 26.7. The van der Waals surface area contributed by atoms with Crippen LogP contribution in [0.15, 0.2) is 30.3 Å².